The first-order valence-corrected chi connectivity index (χ1v) is 8.26. The van der Waals surface area contributed by atoms with E-state index in [9.17, 15) is 18.0 Å². The summed E-state index contributed by atoms with van der Waals surface area (Å²) >= 11 is 6.09. The van der Waals surface area contributed by atoms with Crippen LogP contribution in [-0.4, -0.2) is 36.6 Å². The molecule has 27 heavy (non-hydrogen) atoms. The maximum Gasteiger partial charge on any atom is 0.573 e. The first-order valence-electron chi connectivity index (χ1n) is 7.88. The van der Waals surface area contributed by atoms with Crippen LogP contribution in [0.3, 0.4) is 0 Å². The first-order chi connectivity index (χ1) is 12.8. The third-order valence-corrected chi connectivity index (χ3v) is 3.87. The molecule has 0 unspecified atom stereocenters. The van der Waals surface area contributed by atoms with Crippen LogP contribution in [-0.2, 0) is 4.74 Å². The molecule has 0 spiro atoms. The fourth-order valence-electron chi connectivity index (χ4n) is 2.38. The minimum Gasteiger partial charge on any atom is -0.471 e. The van der Waals surface area contributed by atoms with Gasteiger partial charge in [-0.15, -0.1) is 13.2 Å². The molecule has 0 saturated carbocycles. The SMILES string of the molecule is O=C(Nc1ccccc1OC(F)(F)F)c1cnc(O[C@H]2CCOC2)c(Cl)c1. The van der Waals surface area contributed by atoms with E-state index in [-0.39, 0.29) is 28.3 Å². The Bertz CT molecular complexity index is 826. The zero-order valence-electron chi connectivity index (χ0n) is 13.8. The van der Waals surface area contributed by atoms with Gasteiger partial charge in [0.2, 0.25) is 5.88 Å². The molecule has 2 aromatic rings. The van der Waals surface area contributed by atoms with Gasteiger partial charge < -0.3 is 19.5 Å². The number of pyridine rings is 1. The highest BCUT2D eigenvalue weighted by molar-refractivity contribution is 6.32. The number of aromatic nitrogens is 1. The summed E-state index contributed by atoms with van der Waals surface area (Å²) in [6, 6.07) is 6.52. The van der Waals surface area contributed by atoms with Crippen LogP contribution in [0, 0.1) is 0 Å². The van der Waals surface area contributed by atoms with E-state index in [0.29, 0.717) is 19.6 Å². The molecule has 0 aliphatic carbocycles. The summed E-state index contributed by atoms with van der Waals surface area (Å²) < 4.78 is 52.1. The molecular formula is C17H14ClF3N2O4. The third-order valence-electron chi connectivity index (χ3n) is 3.60. The number of nitrogens with one attached hydrogen (secondary N) is 1. The minimum atomic E-state index is -4.88. The largest absolute Gasteiger partial charge is 0.573 e. The van der Waals surface area contributed by atoms with E-state index < -0.39 is 18.0 Å². The van der Waals surface area contributed by atoms with Crippen LogP contribution in [0.4, 0.5) is 18.9 Å². The summed E-state index contributed by atoms with van der Waals surface area (Å²) in [7, 11) is 0. The van der Waals surface area contributed by atoms with E-state index >= 15 is 0 Å². The maximum atomic E-state index is 12.5. The van der Waals surface area contributed by atoms with Crippen LogP contribution in [0.2, 0.25) is 5.02 Å². The zero-order valence-corrected chi connectivity index (χ0v) is 14.5. The van der Waals surface area contributed by atoms with Gasteiger partial charge >= 0.3 is 6.36 Å². The second-order valence-corrected chi connectivity index (χ2v) is 6.02. The van der Waals surface area contributed by atoms with E-state index in [1.807, 2.05) is 0 Å². The van der Waals surface area contributed by atoms with E-state index in [0.717, 1.165) is 6.07 Å². The Balaban J connectivity index is 1.72. The summed E-state index contributed by atoms with van der Waals surface area (Å²) in [6.07, 6.45) is -3.12. The number of alkyl halides is 3. The molecule has 2 heterocycles. The number of para-hydroxylation sites is 2. The number of carbonyl (C=O) groups is 1. The maximum absolute atomic E-state index is 12.5. The summed E-state index contributed by atoms with van der Waals surface area (Å²) in [5.74, 6) is -1.07. The number of benzene rings is 1. The van der Waals surface area contributed by atoms with Gasteiger partial charge in [0.15, 0.2) is 5.75 Å². The molecule has 0 bridgehead atoms. The highest BCUT2D eigenvalue weighted by Gasteiger charge is 2.32. The van der Waals surface area contributed by atoms with Gasteiger partial charge in [-0.1, -0.05) is 23.7 Å². The van der Waals surface area contributed by atoms with Crippen LogP contribution >= 0.6 is 11.6 Å². The van der Waals surface area contributed by atoms with Gasteiger partial charge in [0, 0.05) is 12.6 Å². The quantitative estimate of drug-likeness (QED) is 0.817. The molecule has 1 aromatic carbocycles. The monoisotopic (exact) mass is 402 g/mol. The molecular weight excluding hydrogens is 389 g/mol. The average molecular weight is 403 g/mol. The van der Waals surface area contributed by atoms with Gasteiger partial charge in [-0.25, -0.2) is 4.98 Å². The van der Waals surface area contributed by atoms with Gasteiger partial charge in [0.1, 0.15) is 11.1 Å². The van der Waals surface area contributed by atoms with Gasteiger partial charge in [-0.3, -0.25) is 4.79 Å². The minimum absolute atomic E-state index is 0.0526. The number of halogens is 4. The second-order valence-electron chi connectivity index (χ2n) is 5.61. The number of carbonyl (C=O) groups excluding carboxylic acids is 1. The molecule has 1 atom stereocenters. The van der Waals surface area contributed by atoms with Crippen molar-refractivity contribution in [2.24, 2.45) is 0 Å². The number of hydrogen-bond donors (Lipinski definition) is 1. The predicted molar refractivity (Wildman–Crippen MR) is 90.2 cm³/mol. The van der Waals surface area contributed by atoms with Gasteiger partial charge in [0.25, 0.3) is 5.91 Å². The Labute approximate surface area is 157 Å². The Hall–Kier alpha value is -2.52. The molecule has 144 valence electrons. The molecule has 1 aliphatic heterocycles. The van der Waals surface area contributed by atoms with Gasteiger partial charge in [-0.2, -0.15) is 0 Å². The van der Waals surface area contributed by atoms with Crippen molar-refractivity contribution in [3.63, 3.8) is 0 Å². The number of anilines is 1. The van der Waals surface area contributed by atoms with Gasteiger partial charge in [-0.05, 0) is 18.2 Å². The van der Waals surface area contributed by atoms with Gasteiger partial charge in [0.05, 0.1) is 24.5 Å². The van der Waals surface area contributed by atoms with E-state index in [4.69, 9.17) is 21.1 Å². The molecule has 10 heteroatoms. The van der Waals surface area contributed by atoms with Crippen LogP contribution in [0.15, 0.2) is 36.5 Å². The Kier molecular flexibility index (Phi) is 5.71. The predicted octanol–water partition coefficient (Wildman–Crippen LogP) is 4.05. The topological polar surface area (TPSA) is 69.7 Å². The summed E-state index contributed by atoms with van der Waals surface area (Å²) in [5, 5.41) is 2.45. The summed E-state index contributed by atoms with van der Waals surface area (Å²) in [6.45, 7) is 1.01. The molecule has 1 amide bonds. The lowest BCUT2D eigenvalue weighted by atomic mass is 10.2. The summed E-state index contributed by atoms with van der Waals surface area (Å²) in [5.41, 5.74) is -0.0868. The zero-order chi connectivity index (χ0) is 19.4. The van der Waals surface area contributed by atoms with E-state index in [2.05, 4.69) is 15.0 Å². The van der Waals surface area contributed by atoms with Crippen molar-refractivity contribution >= 4 is 23.2 Å². The number of nitrogens with zero attached hydrogens (tertiary/aromatic N) is 1. The molecule has 3 rings (SSSR count). The molecule has 1 fully saturated rings. The molecule has 1 saturated heterocycles. The lowest BCUT2D eigenvalue weighted by Gasteiger charge is -2.14. The van der Waals surface area contributed by atoms with Crippen LogP contribution in [0.25, 0.3) is 0 Å². The van der Waals surface area contributed by atoms with E-state index in [1.165, 1.54) is 30.5 Å². The fourth-order valence-corrected chi connectivity index (χ4v) is 2.59. The van der Waals surface area contributed by atoms with Crippen molar-refractivity contribution in [2.45, 2.75) is 18.9 Å². The molecule has 1 aliphatic rings. The highest BCUT2D eigenvalue weighted by atomic mass is 35.5. The van der Waals surface area contributed by atoms with Crippen molar-refractivity contribution in [1.82, 2.24) is 4.98 Å². The fraction of sp³-hybridized carbons (Fsp3) is 0.294. The standard InChI is InChI=1S/C17H14ClF3N2O4/c18-12-7-10(8-22-16(12)26-11-5-6-25-9-11)15(24)23-13-3-1-2-4-14(13)27-17(19,20)21/h1-4,7-8,11H,5-6,9H2,(H,23,24)/t11-/m0/s1. The van der Waals surface area contributed by atoms with Crippen LogP contribution in [0.5, 0.6) is 11.6 Å². The van der Waals surface area contributed by atoms with Crippen molar-refractivity contribution in [1.29, 1.82) is 0 Å². The number of ether oxygens (including phenoxy) is 3. The lowest BCUT2D eigenvalue weighted by molar-refractivity contribution is -0.274. The second kappa shape index (κ2) is 8.01. The normalized spacial score (nSPS) is 16.8. The number of hydrogen-bond acceptors (Lipinski definition) is 5. The Morgan fingerprint density at radius 3 is 2.78 bits per heavy atom. The van der Waals surface area contributed by atoms with E-state index in [1.54, 1.807) is 0 Å². The van der Waals surface area contributed by atoms with Crippen LogP contribution < -0.4 is 14.8 Å². The molecule has 1 N–H and O–H groups in total. The van der Waals surface area contributed by atoms with Crippen molar-refractivity contribution in [3.8, 4) is 11.6 Å². The molecule has 0 radical (unpaired) electrons. The Morgan fingerprint density at radius 1 is 1.33 bits per heavy atom. The van der Waals surface area contributed by atoms with Crippen LogP contribution in [0.1, 0.15) is 16.8 Å². The number of rotatable bonds is 5. The Morgan fingerprint density at radius 2 is 2.11 bits per heavy atom. The van der Waals surface area contributed by atoms with Crippen molar-refractivity contribution in [3.05, 3.63) is 47.1 Å². The summed E-state index contributed by atoms with van der Waals surface area (Å²) in [4.78, 5) is 16.3. The molecule has 6 nitrogen and oxygen atoms in total. The smallest absolute Gasteiger partial charge is 0.471 e. The lowest BCUT2D eigenvalue weighted by Crippen LogP contribution is -2.20. The highest BCUT2D eigenvalue weighted by Crippen LogP contribution is 2.31. The third kappa shape index (κ3) is 5.24. The average Bonchev–Trinajstić information content (AvgIpc) is 3.10. The van der Waals surface area contributed by atoms with Crippen molar-refractivity contribution < 1.29 is 32.2 Å². The van der Waals surface area contributed by atoms with Crippen molar-refractivity contribution in [2.75, 3.05) is 18.5 Å². The number of amides is 1. The molecule has 1 aromatic heterocycles. The first kappa shape index (κ1) is 19.2.